The van der Waals surface area contributed by atoms with Crippen molar-refractivity contribution in [3.05, 3.63) is 34.9 Å². The lowest BCUT2D eigenvalue weighted by molar-refractivity contribution is -0.119. The summed E-state index contributed by atoms with van der Waals surface area (Å²) in [5, 5.41) is 0.668. The number of hydrogen-bond donors (Lipinski definition) is 2. The fourth-order valence-corrected chi connectivity index (χ4v) is 2.45. The average molecular weight is 284 g/mol. The molecule has 2 atom stereocenters. The molecule has 0 saturated carbocycles. The summed E-state index contributed by atoms with van der Waals surface area (Å²) in [5.74, 6) is -0.350. The largest absolute Gasteiger partial charge is 0.369 e. The number of benzene rings is 1. The lowest BCUT2D eigenvalue weighted by atomic mass is 9.96. The van der Waals surface area contributed by atoms with Crippen LogP contribution in [0.2, 0.25) is 5.02 Å². The predicted octanol–water partition coefficient (Wildman–Crippen LogP) is 1.93. The van der Waals surface area contributed by atoms with Gasteiger partial charge in [0.05, 0.1) is 12.6 Å². The quantitative estimate of drug-likeness (QED) is 0.803. The molecule has 1 aromatic rings. The van der Waals surface area contributed by atoms with Crippen molar-refractivity contribution in [2.24, 2.45) is 11.5 Å². The van der Waals surface area contributed by atoms with Crippen molar-refractivity contribution in [1.82, 2.24) is 4.90 Å². The van der Waals surface area contributed by atoms with Gasteiger partial charge in [-0.25, -0.2) is 0 Å². The summed E-state index contributed by atoms with van der Waals surface area (Å²) in [4.78, 5) is 13.2. The minimum Gasteiger partial charge on any atom is -0.369 e. The highest BCUT2D eigenvalue weighted by atomic mass is 35.5. The molecule has 1 amide bonds. The fourth-order valence-electron chi connectivity index (χ4n) is 2.25. The van der Waals surface area contributed by atoms with Crippen molar-refractivity contribution in [2.75, 3.05) is 13.1 Å². The Kier molecular flexibility index (Phi) is 6.28. The first-order chi connectivity index (χ1) is 8.99. The van der Waals surface area contributed by atoms with Crippen molar-refractivity contribution in [3.63, 3.8) is 0 Å². The van der Waals surface area contributed by atoms with Crippen LogP contribution in [0.3, 0.4) is 0 Å². The first-order valence-corrected chi connectivity index (χ1v) is 6.90. The molecule has 0 fully saturated rings. The molecule has 1 rings (SSSR count). The van der Waals surface area contributed by atoms with E-state index < -0.39 is 0 Å². The molecule has 2 unspecified atom stereocenters. The van der Waals surface area contributed by atoms with E-state index in [1.54, 1.807) is 0 Å². The van der Waals surface area contributed by atoms with Gasteiger partial charge in [0.1, 0.15) is 0 Å². The Morgan fingerprint density at radius 3 is 2.58 bits per heavy atom. The minimum atomic E-state index is -0.350. The number of nitrogens with two attached hydrogens (primary N) is 2. The molecule has 0 saturated heterocycles. The number of rotatable bonds is 7. The maximum Gasteiger partial charge on any atom is 0.231 e. The second-order valence-corrected chi connectivity index (χ2v) is 5.04. The summed E-state index contributed by atoms with van der Waals surface area (Å²) in [6.07, 6.45) is 0.812. The molecule has 1 aromatic carbocycles. The Hall–Kier alpha value is -1.10. The van der Waals surface area contributed by atoms with E-state index in [0.29, 0.717) is 11.6 Å². The number of carbonyl (C=O) groups is 1. The van der Waals surface area contributed by atoms with Crippen LogP contribution in [0.25, 0.3) is 0 Å². The molecule has 0 aliphatic heterocycles. The third-order valence-corrected chi connectivity index (χ3v) is 3.46. The monoisotopic (exact) mass is 283 g/mol. The molecule has 0 spiro atoms. The van der Waals surface area contributed by atoms with Crippen molar-refractivity contribution < 1.29 is 4.79 Å². The van der Waals surface area contributed by atoms with E-state index in [-0.39, 0.29) is 24.5 Å². The van der Waals surface area contributed by atoms with E-state index in [1.807, 2.05) is 43.0 Å². The molecule has 0 aromatic heterocycles. The summed E-state index contributed by atoms with van der Waals surface area (Å²) in [5.41, 5.74) is 12.5. The Morgan fingerprint density at radius 1 is 1.42 bits per heavy atom. The zero-order valence-corrected chi connectivity index (χ0v) is 12.2. The molecule has 5 heteroatoms. The molecule has 0 aliphatic rings. The molecule has 0 aliphatic carbocycles. The predicted molar refractivity (Wildman–Crippen MR) is 78.9 cm³/mol. The van der Waals surface area contributed by atoms with E-state index >= 15 is 0 Å². The molecule has 4 nitrogen and oxygen atoms in total. The molecular formula is C14H22ClN3O. The normalized spacial score (nSPS) is 14.4. The van der Waals surface area contributed by atoms with Crippen LogP contribution in [0.15, 0.2) is 24.3 Å². The van der Waals surface area contributed by atoms with E-state index in [4.69, 9.17) is 23.1 Å². The van der Waals surface area contributed by atoms with Gasteiger partial charge in [-0.05, 0) is 30.7 Å². The Morgan fingerprint density at radius 2 is 2.11 bits per heavy atom. The smallest absolute Gasteiger partial charge is 0.231 e. The van der Waals surface area contributed by atoms with Crippen molar-refractivity contribution >= 4 is 17.5 Å². The third kappa shape index (κ3) is 4.49. The van der Waals surface area contributed by atoms with Crippen molar-refractivity contribution in [3.8, 4) is 0 Å². The first-order valence-electron chi connectivity index (χ1n) is 6.53. The van der Waals surface area contributed by atoms with Crippen LogP contribution >= 0.6 is 11.6 Å². The molecular weight excluding hydrogens is 262 g/mol. The number of halogens is 1. The molecule has 0 radical (unpaired) electrons. The lowest BCUT2D eigenvalue weighted by Gasteiger charge is -2.34. The van der Waals surface area contributed by atoms with Gasteiger partial charge in [-0.3, -0.25) is 9.69 Å². The Labute approximate surface area is 119 Å². The summed E-state index contributed by atoms with van der Waals surface area (Å²) >= 11 is 6.04. The summed E-state index contributed by atoms with van der Waals surface area (Å²) in [6.45, 7) is 4.92. The number of likely N-dealkylation sites (N-methyl/N-ethyl adjacent to an activating group) is 1. The zero-order valence-electron chi connectivity index (χ0n) is 11.5. The van der Waals surface area contributed by atoms with Gasteiger partial charge in [0, 0.05) is 11.1 Å². The number of amides is 1. The van der Waals surface area contributed by atoms with Crippen LogP contribution in [0, 0.1) is 0 Å². The van der Waals surface area contributed by atoms with Crippen molar-refractivity contribution in [1.29, 1.82) is 0 Å². The summed E-state index contributed by atoms with van der Waals surface area (Å²) < 4.78 is 0. The molecule has 4 N–H and O–H groups in total. The fraction of sp³-hybridized carbons (Fsp3) is 0.500. The lowest BCUT2D eigenvalue weighted by Crippen LogP contribution is -2.44. The van der Waals surface area contributed by atoms with Crippen LogP contribution in [0.4, 0.5) is 0 Å². The average Bonchev–Trinajstić information content (AvgIpc) is 2.37. The maximum absolute atomic E-state index is 11.2. The van der Waals surface area contributed by atoms with Crippen LogP contribution in [0.5, 0.6) is 0 Å². The van der Waals surface area contributed by atoms with E-state index in [9.17, 15) is 4.79 Å². The van der Waals surface area contributed by atoms with Crippen LogP contribution in [-0.2, 0) is 4.79 Å². The number of nitrogens with zero attached hydrogens (tertiary/aromatic N) is 1. The highest BCUT2D eigenvalue weighted by Gasteiger charge is 2.25. The summed E-state index contributed by atoms with van der Waals surface area (Å²) in [6, 6.07) is 7.47. The summed E-state index contributed by atoms with van der Waals surface area (Å²) in [7, 11) is 0. The van der Waals surface area contributed by atoms with Gasteiger partial charge in [-0.1, -0.05) is 37.6 Å². The zero-order chi connectivity index (χ0) is 14.4. The third-order valence-electron chi connectivity index (χ3n) is 3.23. The molecule has 106 valence electrons. The first kappa shape index (κ1) is 16.0. The topological polar surface area (TPSA) is 72.3 Å². The minimum absolute atomic E-state index is 0.0544. The number of hydrogen-bond acceptors (Lipinski definition) is 3. The van der Waals surface area contributed by atoms with Crippen LogP contribution in [-0.4, -0.2) is 29.9 Å². The van der Waals surface area contributed by atoms with Crippen LogP contribution in [0.1, 0.15) is 31.9 Å². The second kappa shape index (κ2) is 7.48. The highest BCUT2D eigenvalue weighted by molar-refractivity contribution is 6.30. The van der Waals surface area contributed by atoms with Gasteiger partial charge in [-0.2, -0.15) is 0 Å². The molecule has 0 bridgehead atoms. The van der Waals surface area contributed by atoms with Gasteiger partial charge >= 0.3 is 0 Å². The van der Waals surface area contributed by atoms with Crippen LogP contribution < -0.4 is 11.5 Å². The van der Waals surface area contributed by atoms with Gasteiger partial charge in [0.2, 0.25) is 5.91 Å². The second-order valence-electron chi connectivity index (χ2n) is 4.60. The van der Waals surface area contributed by atoms with Gasteiger partial charge in [0.25, 0.3) is 0 Å². The Balaban J connectivity index is 3.09. The molecule has 19 heavy (non-hydrogen) atoms. The van der Waals surface area contributed by atoms with Gasteiger partial charge in [-0.15, -0.1) is 0 Å². The van der Waals surface area contributed by atoms with E-state index in [2.05, 4.69) is 0 Å². The standard InChI is InChI=1S/C14H22ClN3O/c1-3-12(16)14(18(4-2)9-13(17)19)10-6-5-7-11(15)8-10/h5-8,12,14H,3-4,9,16H2,1-2H3,(H2,17,19). The van der Waals surface area contributed by atoms with E-state index in [0.717, 1.165) is 12.0 Å². The van der Waals surface area contributed by atoms with Gasteiger partial charge < -0.3 is 11.5 Å². The van der Waals surface area contributed by atoms with E-state index in [1.165, 1.54) is 0 Å². The number of primary amides is 1. The SMILES string of the molecule is CCC(N)C(c1cccc(Cl)c1)N(CC)CC(N)=O. The number of carbonyl (C=O) groups excluding carboxylic acids is 1. The maximum atomic E-state index is 11.2. The molecule has 0 heterocycles. The Bertz CT molecular complexity index is 425. The van der Waals surface area contributed by atoms with Gasteiger partial charge in [0.15, 0.2) is 0 Å². The highest BCUT2D eigenvalue weighted by Crippen LogP contribution is 2.26. The van der Waals surface area contributed by atoms with Crippen molar-refractivity contribution in [2.45, 2.75) is 32.4 Å².